The van der Waals surface area contributed by atoms with Gasteiger partial charge in [0.15, 0.2) is 0 Å². The van der Waals surface area contributed by atoms with Crippen LogP contribution in [0.2, 0.25) is 0 Å². The Hall–Kier alpha value is -2.81. The highest BCUT2D eigenvalue weighted by Gasteiger charge is 2.13. The summed E-state index contributed by atoms with van der Waals surface area (Å²) in [5.74, 6) is 2.51. The molecule has 0 aliphatic carbocycles. The minimum atomic E-state index is 0.404. The van der Waals surface area contributed by atoms with Crippen LogP contribution in [0.5, 0.6) is 5.75 Å². The van der Waals surface area contributed by atoms with Crippen LogP contribution in [0, 0.1) is 0 Å². The van der Waals surface area contributed by atoms with Crippen LogP contribution >= 0.6 is 0 Å². The Labute approximate surface area is 154 Å². The van der Waals surface area contributed by atoms with E-state index in [1.807, 2.05) is 6.07 Å². The van der Waals surface area contributed by atoms with E-state index in [0.29, 0.717) is 12.5 Å². The maximum atomic E-state index is 6.10. The summed E-state index contributed by atoms with van der Waals surface area (Å²) in [5.41, 5.74) is 2.28. The van der Waals surface area contributed by atoms with Gasteiger partial charge < -0.3 is 9.30 Å². The fourth-order valence-electron chi connectivity index (χ4n) is 3.50. The topological polar surface area (TPSA) is 27.1 Å². The maximum Gasteiger partial charge on any atom is 0.127 e. The molecule has 3 heteroatoms. The summed E-state index contributed by atoms with van der Waals surface area (Å²) in [6, 6.07) is 22.9. The second-order valence-corrected chi connectivity index (χ2v) is 6.94. The summed E-state index contributed by atoms with van der Waals surface area (Å²) in [4.78, 5) is 4.81. The third-order valence-corrected chi connectivity index (χ3v) is 4.73. The van der Waals surface area contributed by atoms with Gasteiger partial charge in [-0.3, -0.25) is 0 Å². The molecule has 4 aromatic rings. The summed E-state index contributed by atoms with van der Waals surface area (Å²) in [6.07, 6.45) is 0.948. The molecule has 0 unspecified atom stereocenters. The molecule has 26 heavy (non-hydrogen) atoms. The molecule has 0 aliphatic heterocycles. The molecule has 0 atom stereocenters. The third kappa shape index (κ3) is 3.17. The highest BCUT2D eigenvalue weighted by atomic mass is 16.5. The van der Waals surface area contributed by atoms with Gasteiger partial charge in [0, 0.05) is 17.8 Å². The molecule has 1 heterocycles. The lowest BCUT2D eigenvalue weighted by Gasteiger charge is -2.13. The fourth-order valence-corrected chi connectivity index (χ4v) is 3.50. The first-order valence-corrected chi connectivity index (χ1v) is 9.30. The van der Waals surface area contributed by atoms with Crippen LogP contribution in [-0.2, 0) is 6.54 Å². The van der Waals surface area contributed by atoms with Crippen molar-refractivity contribution >= 4 is 21.8 Å². The van der Waals surface area contributed by atoms with Gasteiger partial charge in [0.2, 0.25) is 0 Å². The normalized spacial score (nSPS) is 11.5. The average molecular weight is 344 g/mol. The zero-order chi connectivity index (χ0) is 17.9. The van der Waals surface area contributed by atoms with Crippen molar-refractivity contribution in [1.82, 2.24) is 9.55 Å². The van der Waals surface area contributed by atoms with Gasteiger partial charge in [-0.05, 0) is 30.0 Å². The lowest BCUT2D eigenvalue weighted by Crippen LogP contribution is -2.09. The quantitative estimate of drug-likeness (QED) is 0.414. The van der Waals surface area contributed by atoms with Crippen LogP contribution in [0.15, 0.2) is 66.7 Å². The van der Waals surface area contributed by atoms with Gasteiger partial charge in [-0.25, -0.2) is 4.98 Å². The van der Waals surface area contributed by atoms with E-state index < -0.39 is 0 Å². The molecule has 3 nitrogen and oxygen atoms in total. The zero-order valence-corrected chi connectivity index (χ0v) is 15.4. The van der Waals surface area contributed by atoms with E-state index in [4.69, 9.17) is 9.72 Å². The molecule has 4 rings (SSSR count). The van der Waals surface area contributed by atoms with Crippen molar-refractivity contribution in [3.8, 4) is 5.75 Å². The van der Waals surface area contributed by atoms with E-state index >= 15 is 0 Å². The van der Waals surface area contributed by atoms with E-state index in [9.17, 15) is 0 Å². The van der Waals surface area contributed by atoms with Gasteiger partial charge >= 0.3 is 0 Å². The Morgan fingerprint density at radius 2 is 1.69 bits per heavy atom. The number of ether oxygens (including phenoxy) is 1. The smallest absolute Gasteiger partial charge is 0.127 e. The van der Waals surface area contributed by atoms with E-state index in [0.717, 1.165) is 30.1 Å². The van der Waals surface area contributed by atoms with Crippen molar-refractivity contribution in [2.24, 2.45) is 0 Å². The van der Waals surface area contributed by atoms with Gasteiger partial charge in [0.05, 0.1) is 17.6 Å². The predicted molar refractivity (Wildman–Crippen MR) is 108 cm³/mol. The molecular weight excluding hydrogens is 320 g/mol. The number of para-hydroxylation sites is 2. The number of aromatic nitrogens is 2. The fraction of sp³-hybridized carbons (Fsp3) is 0.261. The third-order valence-electron chi connectivity index (χ3n) is 4.73. The monoisotopic (exact) mass is 344 g/mol. The van der Waals surface area contributed by atoms with Crippen molar-refractivity contribution < 1.29 is 4.74 Å². The molecule has 0 bridgehead atoms. The minimum absolute atomic E-state index is 0.404. The molecule has 0 radical (unpaired) electrons. The van der Waals surface area contributed by atoms with Crippen LogP contribution in [0.25, 0.3) is 21.8 Å². The Morgan fingerprint density at radius 1 is 0.923 bits per heavy atom. The van der Waals surface area contributed by atoms with Gasteiger partial charge in [-0.1, -0.05) is 62.4 Å². The highest BCUT2D eigenvalue weighted by molar-refractivity contribution is 5.88. The van der Waals surface area contributed by atoms with Gasteiger partial charge in [0.25, 0.3) is 0 Å². The summed E-state index contributed by atoms with van der Waals surface area (Å²) in [5, 5.41) is 2.39. The molecule has 1 aromatic heterocycles. The second kappa shape index (κ2) is 7.20. The minimum Gasteiger partial charge on any atom is -0.493 e. The number of fused-ring (bicyclic) bond motifs is 2. The standard InChI is InChI=1S/C23H24N2O/c1-17(2)23-24-20-12-5-6-13-21(20)25(23)15-8-16-26-22-14-7-10-18-9-3-4-11-19(18)22/h3-7,9-14,17H,8,15-16H2,1-2H3. The Kier molecular flexibility index (Phi) is 4.61. The first-order valence-electron chi connectivity index (χ1n) is 9.30. The zero-order valence-electron chi connectivity index (χ0n) is 15.4. The lowest BCUT2D eigenvalue weighted by atomic mass is 10.1. The Bertz CT molecular complexity index is 1030. The Balaban J connectivity index is 1.48. The molecule has 0 spiro atoms. The average Bonchev–Trinajstić information content (AvgIpc) is 3.04. The van der Waals surface area contributed by atoms with Crippen LogP contribution in [-0.4, -0.2) is 16.2 Å². The van der Waals surface area contributed by atoms with Crippen LogP contribution in [0.4, 0.5) is 0 Å². The van der Waals surface area contributed by atoms with Crippen LogP contribution < -0.4 is 4.74 Å². The summed E-state index contributed by atoms with van der Waals surface area (Å²) in [7, 11) is 0. The molecule has 0 saturated heterocycles. The molecule has 0 N–H and O–H groups in total. The van der Waals surface area contributed by atoms with Crippen LogP contribution in [0.1, 0.15) is 32.0 Å². The molecule has 0 saturated carbocycles. The summed E-state index contributed by atoms with van der Waals surface area (Å²) >= 11 is 0. The molecular formula is C23H24N2O. The summed E-state index contributed by atoms with van der Waals surface area (Å²) in [6.45, 7) is 6.01. The van der Waals surface area contributed by atoms with Gasteiger partial charge in [-0.2, -0.15) is 0 Å². The maximum absolute atomic E-state index is 6.10. The van der Waals surface area contributed by atoms with E-state index in [1.54, 1.807) is 0 Å². The lowest BCUT2D eigenvalue weighted by molar-refractivity contribution is 0.305. The number of aryl methyl sites for hydroxylation is 1. The highest BCUT2D eigenvalue weighted by Crippen LogP contribution is 2.26. The SMILES string of the molecule is CC(C)c1nc2ccccc2n1CCCOc1cccc2ccccc12. The van der Waals surface area contributed by atoms with E-state index in [2.05, 4.69) is 79.1 Å². The molecule has 3 aromatic carbocycles. The first kappa shape index (κ1) is 16.6. The van der Waals surface area contributed by atoms with E-state index in [-0.39, 0.29) is 0 Å². The Morgan fingerprint density at radius 3 is 2.58 bits per heavy atom. The van der Waals surface area contributed by atoms with Gasteiger partial charge in [-0.15, -0.1) is 0 Å². The number of rotatable bonds is 6. The van der Waals surface area contributed by atoms with Crippen molar-refractivity contribution in [3.05, 3.63) is 72.6 Å². The van der Waals surface area contributed by atoms with Crippen LogP contribution in [0.3, 0.4) is 0 Å². The molecule has 0 aliphatic rings. The number of imidazole rings is 1. The molecule has 132 valence electrons. The largest absolute Gasteiger partial charge is 0.493 e. The molecule has 0 amide bonds. The number of hydrogen-bond acceptors (Lipinski definition) is 2. The number of nitrogens with zero attached hydrogens (tertiary/aromatic N) is 2. The van der Waals surface area contributed by atoms with Crippen molar-refractivity contribution in [2.45, 2.75) is 32.7 Å². The predicted octanol–water partition coefficient (Wildman–Crippen LogP) is 5.78. The number of hydrogen-bond donors (Lipinski definition) is 0. The molecule has 0 fully saturated rings. The number of benzene rings is 3. The second-order valence-electron chi connectivity index (χ2n) is 6.94. The van der Waals surface area contributed by atoms with E-state index in [1.165, 1.54) is 16.3 Å². The van der Waals surface area contributed by atoms with Crippen molar-refractivity contribution in [2.75, 3.05) is 6.61 Å². The first-order chi connectivity index (χ1) is 12.7. The van der Waals surface area contributed by atoms with Crippen molar-refractivity contribution in [1.29, 1.82) is 0 Å². The van der Waals surface area contributed by atoms with Gasteiger partial charge in [0.1, 0.15) is 11.6 Å². The van der Waals surface area contributed by atoms with Crippen molar-refractivity contribution in [3.63, 3.8) is 0 Å². The summed E-state index contributed by atoms with van der Waals surface area (Å²) < 4.78 is 8.44.